The molecule has 98 valence electrons. The van der Waals surface area contributed by atoms with Gasteiger partial charge < -0.3 is 19.5 Å². The molecule has 5 nitrogen and oxygen atoms in total. The third kappa shape index (κ3) is 2.56. The van der Waals surface area contributed by atoms with Crippen LogP contribution in [-0.2, 0) is 11.3 Å². The minimum atomic E-state index is -1.36. The molecule has 1 aliphatic rings. The Morgan fingerprint density at radius 1 is 1.39 bits per heavy atom. The van der Waals surface area contributed by atoms with Crippen molar-refractivity contribution in [2.75, 3.05) is 13.8 Å². The van der Waals surface area contributed by atoms with E-state index in [1.807, 2.05) is 18.2 Å². The predicted molar refractivity (Wildman–Crippen MR) is 65.3 cm³/mol. The number of carbonyl (C=O) groups is 1. The van der Waals surface area contributed by atoms with Crippen molar-refractivity contribution in [1.29, 1.82) is 0 Å². The fourth-order valence-corrected chi connectivity index (χ4v) is 1.85. The van der Waals surface area contributed by atoms with Gasteiger partial charge in [0.25, 0.3) is 5.91 Å². The lowest BCUT2D eigenvalue weighted by Crippen LogP contribution is -2.42. The standard InChI is InChI=1S/C13H17NO4/c1-13(2,16)12(15)14(3)7-9-4-5-10-11(6-9)18-8-17-10/h4-6,16H,7-8H2,1-3H3. The molecule has 0 fully saturated rings. The summed E-state index contributed by atoms with van der Waals surface area (Å²) in [5.74, 6) is 1.09. The van der Waals surface area contributed by atoms with E-state index in [0.29, 0.717) is 12.3 Å². The molecule has 0 spiro atoms. The zero-order valence-corrected chi connectivity index (χ0v) is 10.8. The largest absolute Gasteiger partial charge is 0.454 e. The van der Waals surface area contributed by atoms with Gasteiger partial charge in [0, 0.05) is 13.6 Å². The van der Waals surface area contributed by atoms with Gasteiger partial charge in [-0.25, -0.2) is 0 Å². The van der Waals surface area contributed by atoms with Gasteiger partial charge in [-0.2, -0.15) is 0 Å². The summed E-state index contributed by atoms with van der Waals surface area (Å²) in [5.41, 5.74) is -0.426. The van der Waals surface area contributed by atoms with Crippen LogP contribution in [-0.4, -0.2) is 35.4 Å². The van der Waals surface area contributed by atoms with Gasteiger partial charge in [0.15, 0.2) is 11.5 Å². The number of ether oxygens (including phenoxy) is 2. The molecule has 1 aromatic carbocycles. The third-order valence-corrected chi connectivity index (χ3v) is 2.73. The SMILES string of the molecule is CN(Cc1ccc2c(c1)OCO2)C(=O)C(C)(C)O. The predicted octanol–water partition coefficient (Wildman–Crippen LogP) is 1.14. The van der Waals surface area contributed by atoms with Crippen molar-refractivity contribution in [3.8, 4) is 11.5 Å². The Morgan fingerprint density at radius 2 is 2.06 bits per heavy atom. The molecule has 0 bridgehead atoms. The van der Waals surface area contributed by atoms with Gasteiger partial charge in [0.2, 0.25) is 6.79 Å². The maximum atomic E-state index is 11.8. The number of rotatable bonds is 3. The summed E-state index contributed by atoms with van der Waals surface area (Å²) in [6.07, 6.45) is 0. The average molecular weight is 251 g/mol. The van der Waals surface area contributed by atoms with Gasteiger partial charge in [-0.3, -0.25) is 4.79 Å². The molecule has 0 aliphatic carbocycles. The van der Waals surface area contributed by atoms with Crippen molar-refractivity contribution in [2.45, 2.75) is 26.0 Å². The van der Waals surface area contributed by atoms with Gasteiger partial charge in [0.05, 0.1) is 0 Å². The second kappa shape index (κ2) is 4.49. The normalized spacial score (nSPS) is 13.6. The van der Waals surface area contributed by atoms with Crippen molar-refractivity contribution in [2.24, 2.45) is 0 Å². The Kier molecular flexibility index (Phi) is 3.17. The van der Waals surface area contributed by atoms with E-state index in [1.54, 1.807) is 7.05 Å². The number of amides is 1. The second-order valence-corrected chi connectivity index (χ2v) is 4.91. The molecule has 0 unspecified atom stereocenters. The average Bonchev–Trinajstić information content (AvgIpc) is 2.73. The van der Waals surface area contributed by atoms with Crippen molar-refractivity contribution < 1.29 is 19.4 Å². The van der Waals surface area contributed by atoms with Gasteiger partial charge in [-0.1, -0.05) is 6.07 Å². The van der Waals surface area contributed by atoms with Crippen LogP contribution >= 0.6 is 0 Å². The van der Waals surface area contributed by atoms with Crippen LogP contribution in [0.25, 0.3) is 0 Å². The van der Waals surface area contributed by atoms with Crippen molar-refractivity contribution in [3.63, 3.8) is 0 Å². The maximum Gasteiger partial charge on any atom is 0.253 e. The van der Waals surface area contributed by atoms with Crippen molar-refractivity contribution in [1.82, 2.24) is 4.90 Å². The third-order valence-electron chi connectivity index (χ3n) is 2.73. The van der Waals surface area contributed by atoms with E-state index in [0.717, 1.165) is 11.3 Å². The number of likely N-dealkylation sites (N-methyl/N-ethyl adjacent to an activating group) is 1. The smallest absolute Gasteiger partial charge is 0.253 e. The van der Waals surface area contributed by atoms with E-state index in [2.05, 4.69) is 0 Å². The lowest BCUT2D eigenvalue weighted by Gasteiger charge is -2.25. The van der Waals surface area contributed by atoms with Gasteiger partial charge in [0.1, 0.15) is 5.60 Å². The van der Waals surface area contributed by atoms with E-state index in [9.17, 15) is 9.90 Å². The molecule has 18 heavy (non-hydrogen) atoms. The first-order valence-corrected chi connectivity index (χ1v) is 5.74. The van der Waals surface area contributed by atoms with E-state index < -0.39 is 5.60 Å². The van der Waals surface area contributed by atoms with Gasteiger partial charge in [-0.05, 0) is 31.5 Å². The summed E-state index contributed by atoms with van der Waals surface area (Å²) in [6, 6.07) is 5.54. The highest BCUT2D eigenvalue weighted by Crippen LogP contribution is 2.32. The quantitative estimate of drug-likeness (QED) is 0.875. The van der Waals surface area contributed by atoms with E-state index >= 15 is 0 Å². The molecular formula is C13H17NO4. The summed E-state index contributed by atoms with van der Waals surface area (Å²) in [7, 11) is 1.66. The van der Waals surface area contributed by atoms with Crippen LogP contribution in [0, 0.1) is 0 Å². The summed E-state index contributed by atoms with van der Waals surface area (Å²) in [6.45, 7) is 3.60. The molecular weight excluding hydrogens is 234 g/mol. The first-order valence-electron chi connectivity index (χ1n) is 5.74. The Labute approximate surface area is 106 Å². The van der Waals surface area contributed by atoms with Crippen LogP contribution in [0.5, 0.6) is 11.5 Å². The molecule has 0 aromatic heterocycles. The number of hydrogen-bond acceptors (Lipinski definition) is 4. The first kappa shape index (κ1) is 12.7. The molecule has 5 heteroatoms. The summed E-state index contributed by atoms with van der Waals surface area (Å²) in [4.78, 5) is 13.3. The number of aliphatic hydroxyl groups is 1. The molecule has 0 saturated carbocycles. The fraction of sp³-hybridized carbons (Fsp3) is 0.462. The highest BCUT2D eigenvalue weighted by atomic mass is 16.7. The van der Waals surface area contributed by atoms with Crippen molar-refractivity contribution in [3.05, 3.63) is 23.8 Å². The highest BCUT2D eigenvalue weighted by molar-refractivity contribution is 5.83. The molecule has 0 radical (unpaired) electrons. The topological polar surface area (TPSA) is 59.0 Å². The maximum absolute atomic E-state index is 11.8. The summed E-state index contributed by atoms with van der Waals surface area (Å²) >= 11 is 0. The highest BCUT2D eigenvalue weighted by Gasteiger charge is 2.27. The number of benzene rings is 1. The van der Waals surface area contributed by atoms with Gasteiger partial charge >= 0.3 is 0 Å². The first-order chi connectivity index (χ1) is 8.38. The second-order valence-electron chi connectivity index (χ2n) is 4.91. The molecule has 2 rings (SSSR count). The minimum Gasteiger partial charge on any atom is -0.454 e. The monoisotopic (exact) mass is 251 g/mol. The lowest BCUT2D eigenvalue weighted by molar-refractivity contribution is -0.146. The molecule has 1 aromatic rings. The van der Waals surface area contributed by atoms with E-state index in [-0.39, 0.29) is 12.7 Å². The van der Waals surface area contributed by atoms with Crippen LogP contribution in [0.15, 0.2) is 18.2 Å². The number of hydrogen-bond donors (Lipinski definition) is 1. The van der Waals surface area contributed by atoms with E-state index in [1.165, 1.54) is 18.7 Å². The number of carbonyl (C=O) groups excluding carboxylic acids is 1. The summed E-state index contributed by atoms with van der Waals surface area (Å²) in [5, 5.41) is 9.65. The Morgan fingerprint density at radius 3 is 2.72 bits per heavy atom. The number of fused-ring (bicyclic) bond motifs is 1. The van der Waals surface area contributed by atoms with E-state index in [4.69, 9.17) is 9.47 Å². The number of nitrogens with zero attached hydrogens (tertiary/aromatic N) is 1. The Balaban J connectivity index is 2.08. The zero-order chi connectivity index (χ0) is 13.3. The molecule has 1 aliphatic heterocycles. The molecule has 0 saturated heterocycles. The van der Waals surface area contributed by atoms with Crippen molar-refractivity contribution >= 4 is 5.91 Å². The zero-order valence-electron chi connectivity index (χ0n) is 10.8. The molecule has 1 heterocycles. The molecule has 1 N–H and O–H groups in total. The van der Waals surface area contributed by atoms with Crippen LogP contribution < -0.4 is 9.47 Å². The minimum absolute atomic E-state index is 0.233. The Bertz CT molecular complexity index is 465. The lowest BCUT2D eigenvalue weighted by atomic mass is 10.1. The fourth-order valence-electron chi connectivity index (χ4n) is 1.85. The van der Waals surface area contributed by atoms with Crippen LogP contribution in [0.4, 0.5) is 0 Å². The molecule has 1 amide bonds. The van der Waals surface area contributed by atoms with Crippen LogP contribution in [0.2, 0.25) is 0 Å². The summed E-state index contributed by atoms with van der Waals surface area (Å²) < 4.78 is 10.5. The Hall–Kier alpha value is -1.75. The molecule has 0 atom stereocenters. The van der Waals surface area contributed by atoms with Gasteiger partial charge in [-0.15, -0.1) is 0 Å². The van der Waals surface area contributed by atoms with Crippen LogP contribution in [0.3, 0.4) is 0 Å². The van der Waals surface area contributed by atoms with Crippen LogP contribution in [0.1, 0.15) is 19.4 Å².